The summed E-state index contributed by atoms with van der Waals surface area (Å²) in [4.78, 5) is 29.0. The molecule has 0 radical (unpaired) electrons. The molecule has 0 amide bonds. The van der Waals surface area contributed by atoms with Crippen molar-refractivity contribution in [2.45, 2.75) is 13.5 Å². The number of ether oxygens (including phenoxy) is 1. The van der Waals surface area contributed by atoms with Crippen LogP contribution in [0.15, 0.2) is 58.1 Å². The summed E-state index contributed by atoms with van der Waals surface area (Å²) in [6.45, 7) is 2.38. The van der Waals surface area contributed by atoms with Gasteiger partial charge >= 0.3 is 5.97 Å². The van der Waals surface area contributed by atoms with Gasteiger partial charge in [-0.15, -0.1) is 0 Å². The lowest BCUT2D eigenvalue weighted by atomic mass is 10.1. The van der Waals surface area contributed by atoms with E-state index in [9.17, 15) is 9.59 Å². The Bertz CT molecular complexity index is 949. The maximum Gasteiger partial charge on any atom is 0.343 e. The first-order valence-corrected chi connectivity index (χ1v) is 8.29. The van der Waals surface area contributed by atoms with E-state index in [-0.39, 0.29) is 17.6 Å². The Morgan fingerprint density at radius 2 is 2.04 bits per heavy atom. The monoisotopic (exact) mass is 386 g/mol. The number of nitrogens with zero attached hydrogens (tertiary/aromatic N) is 2. The number of carbonyl (C=O) groups excluding carboxylic acids is 1. The molecule has 5 nitrogen and oxygen atoms in total. The van der Waals surface area contributed by atoms with Crippen LogP contribution in [0, 0.1) is 0 Å². The SMILES string of the molecule is CCOC(=O)c1cn(Cc2ccc(Br)cn2)c2ccccc2c1=O. The molecule has 24 heavy (non-hydrogen) atoms. The molecular weight excluding hydrogens is 372 g/mol. The molecule has 3 rings (SSSR count). The number of hydrogen-bond donors (Lipinski definition) is 0. The van der Waals surface area contributed by atoms with Crippen LogP contribution in [0.1, 0.15) is 23.0 Å². The van der Waals surface area contributed by atoms with Gasteiger partial charge in [-0.1, -0.05) is 12.1 Å². The molecule has 6 heteroatoms. The van der Waals surface area contributed by atoms with Crippen LogP contribution in [-0.4, -0.2) is 22.1 Å². The Morgan fingerprint density at radius 1 is 1.25 bits per heavy atom. The summed E-state index contributed by atoms with van der Waals surface area (Å²) in [6.07, 6.45) is 3.26. The zero-order chi connectivity index (χ0) is 17.1. The molecule has 1 aromatic carbocycles. The average molecular weight is 387 g/mol. The summed E-state index contributed by atoms with van der Waals surface area (Å²) in [5, 5.41) is 0.486. The van der Waals surface area contributed by atoms with E-state index >= 15 is 0 Å². The molecule has 0 saturated heterocycles. The van der Waals surface area contributed by atoms with E-state index in [1.165, 1.54) is 0 Å². The molecule has 0 spiro atoms. The van der Waals surface area contributed by atoms with Crippen molar-refractivity contribution in [2.75, 3.05) is 6.61 Å². The standard InChI is InChI=1S/C18H15BrN2O3/c1-2-24-18(23)15-11-21(10-13-8-7-12(19)9-20-13)16-6-4-3-5-14(16)17(15)22/h3-9,11H,2,10H2,1H3. The summed E-state index contributed by atoms with van der Waals surface area (Å²) >= 11 is 3.36. The Hall–Kier alpha value is -2.47. The van der Waals surface area contributed by atoms with Gasteiger partial charge in [0.1, 0.15) is 5.56 Å². The van der Waals surface area contributed by atoms with Crippen molar-refractivity contribution in [3.63, 3.8) is 0 Å². The number of hydrogen-bond acceptors (Lipinski definition) is 4. The molecule has 0 atom stereocenters. The largest absolute Gasteiger partial charge is 0.462 e. The number of para-hydroxylation sites is 1. The lowest BCUT2D eigenvalue weighted by molar-refractivity contribution is 0.0524. The van der Waals surface area contributed by atoms with E-state index in [0.717, 1.165) is 15.7 Å². The molecule has 122 valence electrons. The average Bonchev–Trinajstić information content (AvgIpc) is 2.59. The van der Waals surface area contributed by atoms with Crippen molar-refractivity contribution < 1.29 is 9.53 Å². The maximum absolute atomic E-state index is 12.6. The molecule has 2 heterocycles. The Balaban J connectivity index is 2.15. The molecule has 2 aromatic heterocycles. The lowest BCUT2D eigenvalue weighted by Gasteiger charge is -2.13. The second-order valence-electron chi connectivity index (χ2n) is 5.21. The van der Waals surface area contributed by atoms with E-state index in [2.05, 4.69) is 20.9 Å². The first kappa shape index (κ1) is 16.4. The van der Waals surface area contributed by atoms with Crippen molar-refractivity contribution in [1.82, 2.24) is 9.55 Å². The van der Waals surface area contributed by atoms with Gasteiger partial charge in [0, 0.05) is 22.3 Å². The zero-order valence-electron chi connectivity index (χ0n) is 13.0. The van der Waals surface area contributed by atoms with Crippen molar-refractivity contribution in [1.29, 1.82) is 0 Å². The van der Waals surface area contributed by atoms with Gasteiger partial charge in [-0.25, -0.2) is 4.79 Å². The Labute approximate surface area is 147 Å². The van der Waals surface area contributed by atoms with Crippen LogP contribution in [0.5, 0.6) is 0 Å². The minimum absolute atomic E-state index is 0.0349. The van der Waals surface area contributed by atoms with Crippen LogP contribution >= 0.6 is 15.9 Å². The molecular formula is C18H15BrN2O3. The van der Waals surface area contributed by atoms with E-state index in [1.54, 1.807) is 31.5 Å². The van der Waals surface area contributed by atoms with E-state index < -0.39 is 5.97 Å². The molecule has 0 unspecified atom stereocenters. The fourth-order valence-corrected chi connectivity index (χ4v) is 2.74. The number of halogens is 1. The van der Waals surface area contributed by atoms with Gasteiger partial charge in [0.15, 0.2) is 0 Å². The maximum atomic E-state index is 12.6. The van der Waals surface area contributed by atoms with Crippen molar-refractivity contribution >= 4 is 32.8 Å². The highest BCUT2D eigenvalue weighted by molar-refractivity contribution is 9.10. The Morgan fingerprint density at radius 3 is 2.75 bits per heavy atom. The van der Waals surface area contributed by atoms with Crippen LogP contribution in [-0.2, 0) is 11.3 Å². The zero-order valence-corrected chi connectivity index (χ0v) is 14.6. The van der Waals surface area contributed by atoms with Gasteiger partial charge in [-0.3, -0.25) is 9.78 Å². The van der Waals surface area contributed by atoms with Crippen LogP contribution < -0.4 is 5.43 Å². The van der Waals surface area contributed by atoms with Crippen molar-refractivity contribution in [3.8, 4) is 0 Å². The third kappa shape index (κ3) is 3.23. The highest BCUT2D eigenvalue weighted by Gasteiger charge is 2.16. The highest BCUT2D eigenvalue weighted by atomic mass is 79.9. The van der Waals surface area contributed by atoms with Gasteiger partial charge in [-0.2, -0.15) is 0 Å². The first-order valence-electron chi connectivity index (χ1n) is 7.50. The molecule has 0 aliphatic heterocycles. The third-order valence-corrected chi connectivity index (χ3v) is 4.07. The number of benzene rings is 1. The van der Waals surface area contributed by atoms with Gasteiger partial charge in [0.05, 0.1) is 24.4 Å². The van der Waals surface area contributed by atoms with E-state index in [4.69, 9.17) is 4.74 Å². The second kappa shape index (κ2) is 6.97. The first-order chi connectivity index (χ1) is 11.6. The molecule has 0 fully saturated rings. The number of rotatable bonds is 4. The minimum atomic E-state index is -0.606. The molecule has 3 aromatic rings. The number of fused-ring (bicyclic) bond motifs is 1. The Kier molecular flexibility index (Phi) is 4.76. The van der Waals surface area contributed by atoms with E-state index in [1.807, 2.05) is 28.8 Å². The molecule has 0 N–H and O–H groups in total. The van der Waals surface area contributed by atoms with Crippen LogP contribution in [0.25, 0.3) is 10.9 Å². The topological polar surface area (TPSA) is 61.2 Å². The van der Waals surface area contributed by atoms with Crippen molar-refractivity contribution in [2.24, 2.45) is 0 Å². The number of esters is 1. The summed E-state index contributed by atoms with van der Waals surface area (Å²) < 4.78 is 7.74. The molecule has 0 saturated carbocycles. The third-order valence-electron chi connectivity index (χ3n) is 3.60. The molecule has 0 aliphatic rings. The summed E-state index contributed by atoms with van der Waals surface area (Å²) in [5.41, 5.74) is 1.29. The molecule has 0 aliphatic carbocycles. The quantitative estimate of drug-likeness (QED) is 0.644. The van der Waals surface area contributed by atoms with Gasteiger partial charge in [-0.05, 0) is 47.1 Å². The normalized spacial score (nSPS) is 10.8. The predicted molar refractivity (Wildman–Crippen MR) is 95.2 cm³/mol. The second-order valence-corrected chi connectivity index (χ2v) is 6.12. The van der Waals surface area contributed by atoms with E-state index in [0.29, 0.717) is 11.9 Å². The fourth-order valence-electron chi connectivity index (χ4n) is 2.50. The number of pyridine rings is 2. The van der Waals surface area contributed by atoms with Crippen LogP contribution in [0.2, 0.25) is 0 Å². The summed E-state index contributed by atoms with van der Waals surface area (Å²) in [7, 11) is 0. The van der Waals surface area contributed by atoms with Crippen LogP contribution in [0.3, 0.4) is 0 Å². The van der Waals surface area contributed by atoms with Gasteiger partial charge < -0.3 is 9.30 Å². The predicted octanol–water partition coefficient (Wildman–Crippen LogP) is 3.38. The lowest BCUT2D eigenvalue weighted by Crippen LogP contribution is -2.21. The smallest absolute Gasteiger partial charge is 0.343 e. The molecule has 0 bridgehead atoms. The van der Waals surface area contributed by atoms with Gasteiger partial charge in [0.2, 0.25) is 5.43 Å². The highest BCUT2D eigenvalue weighted by Crippen LogP contribution is 2.15. The minimum Gasteiger partial charge on any atom is -0.462 e. The van der Waals surface area contributed by atoms with Crippen molar-refractivity contribution in [3.05, 3.63) is 74.7 Å². The summed E-state index contributed by atoms with van der Waals surface area (Å²) in [6, 6.07) is 11.0. The number of carbonyl (C=O) groups is 1. The summed E-state index contributed by atoms with van der Waals surface area (Å²) in [5.74, 6) is -0.606. The van der Waals surface area contributed by atoms with Crippen LogP contribution in [0.4, 0.5) is 0 Å². The fraction of sp³-hybridized carbons (Fsp3) is 0.167. The number of aromatic nitrogens is 2. The van der Waals surface area contributed by atoms with Gasteiger partial charge in [0.25, 0.3) is 0 Å².